The largest absolute Gasteiger partial charge is 0.326 e. The third kappa shape index (κ3) is 5.05. The number of aryl methyl sites for hydroxylation is 2. The first-order chi connectivity index (χ1) is 13.0. The maximum atomic E-state index is 12.4. The van der Waals surface area contributed by atoms with Crippen molar-refractivity contribution in [3.63, 3.8) is 0 Å². The molecule has 0 saturated carbocycles. The second kappa shape index (κ2) is 8.32. The number of hydrogen-bond donors (Lipinski definition) is 2. The zero-order chi connectivity index (χ0) is 19.2. The highest BCUT2D eigenvalue weighted by Gasteiger charge is 2.09. The third-order valence-electron chi connectivity index (χ3n) is 4.27. The fourth-order valence-corrected chi connectivity index (χ4v) is 2.84. The molecule has 0 atom stereocenters. The normalized spacial score (nSPS) is 10.3. The van der Waals surface area contributed by atoms with Crippen LogP contribution in [0.15, 0.2) is 72.8 Å². The Bertz CT molecular complexity index is 948. The molecule has 0 spiro atoms. The quantitative estimate of drug-likeness (QED) is 0.692. The number of benzene rings is 3. The van der Waals surface area contributed by atoms with Gasteiger partial charge < -0.3 is 10.6 Å². The molecule has 2 amide bonds. The van der Waals surface area contributed by atoms with Crippen molar-refractivity contribution < 1.29 is 9.59 Å². The van der Waals surface area contributed by atoms with Crippen LogP contribution in [0.5, 0.6) is 0 Å². The second-order valence-electron chi connectivity index (χ2n) is 6.56. The Kier molecular flexibility index (Phi) is 5.67. The molecule has 0 unspecified atom stereocenters. The summed E-state index contributed by atoms with van der Waals surface area (Å²) in [7, 11) is 0. The number of carbonyl (C=O) groups is 2. The van der Waals surface area contributed by atoms with Crippen molar-refractivity contribution in [3.8, 4) is 0 Å². The third-order valence-corrected chi connectivity index (χ3v) is 4.27. The van der Waals surface area contributed by atoms with Gasteiger partial charge in [-0.3, -0.25) is 9.59 Å². The summed E-state index contributed by atoms with van der Waals surface area (Å²) in [6, 6.07) is 22.4. The Hall–Kier alpha value is -3.40. The molecular weight excluding hydrogens is 336 g/mol. The molecule has 0 aliphatic heterocycles. The molecule has 0 heterocycles. The number of hydrogen-bond acceptors (Lipinski definition) is 2. The summed E-state index contributed by atoms with van der Waals surface area (Å²) in [6.45, 7) is 3.98. The lowest BCUT2D eigenvalue weighted by atomic mass is 10.1. The fourth-order valence-electron chi connectivity index (χ4n) is 2.84. The summed E-state index contributed by atoms with van der Waals surface area (Å²) in [5, 5.41) is 5.77. The Labute approximate surface area is 159 Å². The number of anilines is 2. The van der Waals surface area contributed by atoms with Crippen molar-refractivity contribution in [3.05, 3.63) is 95.1 Å². The summed E-state index contributed by atoms with van der Waals surface area (Å²) in [5.41, 5.74) is 5.13. The van der Waals surface area contributed by atoms with E-state index >= 15 is 0 Å². The van der Waals surface area contributed by atoms with Crippen LogP contribution in [0, 0.1) is 13.8 Å². The van der Waals surface area contributed by atoms with Crippen LogP contribution in [0.4, 0.5) is 11.4 Å². The number of carbonyl (C=O) groups excluding carboxylic acids is 2. The predicted molar refractivity (Wildman–Crippen MR) is 109 cm³/mol. The van der Waals surface area contributed by atoms with Gasteiger partial charge in [0.25, 0.3) is 5.91 Å². The van der Waals surface area contributed by atoms with Crippen LogP contribution in [0.1, 0.15) is 27.0 Å². The molecule has 3 aromatic carbocycles. The number of nitrogens with one attached hydrogen (secondary N) is 2. The molecule has 27 heavy (non-hydrogen) atoms. The van der Waals surface area contributed by atoms with Gasteiger partial charge in [-0.15, -0.1) is 0 Å². The molecule has 0 saturated heterocycles. The molecule has 136 valence electrons. The standard InChI is InChI=1S/C23H22N2O2/c1-16-8-13-21(17(2)14-16)25-23(27)19-9-11-20(12-10-19)24-22(26)15-18-6-4-3-5-7-18/h3-14H,15H2,1-2H3,(H,24,26)(H,25,27). The van der Waals surface area contributed by atoms with Gasteiger partial charge in [-0.05, 0) is 55.3 Å². The van der Waals surface area contributed by atoms with E-state index in [1.807, 2.05) is 62.4 Å². The van der Waals surface area contributed by atoms with E-state index in [2.05, 4.69) is 10.6 Å². The second-order valence-corrected chi connectivity index (χ2v) is 6.56. The summed E-state index contributed by atoms with van der Waals surface area (Å²) < 4.78 is 0. The monoisotopic (exact) mass is 358 g/mol. The van der Waals surface area contributed by atoms with Crippen LogP contribution in [0.2, 0.25) is 0 Å². The molecule has 0 radical (unpaired) electrons. The Morgan fingerprint density at radius 2 is 1.52 bits per heavy atom. The lowest BCUT2D eigenvalue weighted by molar-refractivity contribution is -0.115. The van der Waals surface area contributed by atoms with Crippen molar-refractivity contribution >= 4 is 23.2 Å². The van der Waals surface area contributed by atoms with Crippen LogP contribution in [-0.2, 0) is 11.2 Å². The number of rotatable bonds is 5. The maximum Gasteiger partial charge on any atom is 0.255 e. The van der Waals surface area contributed by atoms with Crippen molar-refractivity contribution in [2.45, 2.75) is 20.3 Å². The Balaban J connectivity index is 1.61. The van der Waals surface area contributed by atoms with Crippen molar-refractivity contribution in [1.82, 2.24) is 0 Å². The smallest absolute Gasteiger partial charge is 0.255 e. The van der Waals surface area contributed by atoms with Gasteiger partial charge in [0.1, 0.15) is 0 Å². The van der Waals surface area contributed by atoms with Crippen molar-refractivity contribution in [1.29, 1.82) is 0 Å². The molecule has 0 aliphatic rings. The van der Waals surface area contributed by atoms with Gasteiger partial charge >= 0.3 is 0 Å². The molecule has 0 aromatic heterocycles. The minimum atomic E-state index is -0.177. The number of amides is 2. The summed E-state index contributed by atoms with van der Waals surface area (Å²) >= 11 is 0. The Morgan fingerprint density at radius 1 is 0.815 bits per heavy atom. The van der Waals surface area contributed by atoms with Gasteiger partial charge in [0, 0.05) is 16.9 Å². The van der Waals surface area contributed by atoms with E-state index in [0.29, 0.717) is 17.7 Å². The molecule has 0 aliphatic carbocycles. The van der Waals surface area contributed by atoms with E-state index in [-0.39, 0.29) is 11.8 Å². The molecule has 4 nitrogen and oxygen atoms in total. The van der Waals surface area contributed by atoms with Gasteiger partial charge in [0.15, 0.2) is 0 Å². The molecule has 3 aromatic rings. The molecule has 0 bridgehead atoms. The van der Waals surface area contributed by atoms with E-state index in [4.69, 9.17) is 0 Å². The highest BCUT2D eigenvalue weighted by atomic mass is 16.2. The van der Waals surface area contributed by atoms with Crippen LogP contribution >= 0.6 is 0 Å². The van der Waals surface area contributed by atoms with Gasteiger partial charge in [0.05, 0.1) is 6.42 Å². The van der Waals surface area contributed by atoms with Gasteiger partial charge in [-0.1, -0.05) is 48.0 Å². The highest BCUT2D eigenvalue weighted by Crippen LogP contribution is 2.18. The van der Waals surface area contributed by atoms with Gasteiger partial charge in [0.2, 0.25) is 5.91 Å². The summed E-state index contributed by atoms with van der Waals surface area (Å²) in [6.07, 6.45) is 0.315. The molecule has 2 N–H and O–H groups in total. The fraction of sp³-hybridized carbons (Fsp3) is 0.130. The Morgan fingerprint density at radius 3 is 2.19 bits per heavy atom. The zero-order valence-corrected chi connectivity index (χ0v) is 15.5. The van der Waals surface area contributed by atoms with E-state index in [9.17, 15) is 9.59 Å². The molecule has 3 rings (SSSR count). The molecule has 0 fully saturated rings. The summed E-state index contributed by atoms with van der Waals surface area (Å²) in [4.78, 5) is 24.5. The van der Waals surface area contributed by atoms with Crippen LogP contribution in [-0.4, -0.2) is 11.8 Å². The summed E-state index contributed by atoms with van der Waals surface area (Å²) in [5.74, 6) is -0.266. The first-order valence-electron chi connectivity index (χ1n) is 8.84. The van der Waals surface area contributed by atoms with E-state index < -0.39 is 0 Å². The average Bonchev–Trinajstić information content (AvgIpc) is 2.65. The van der Waals surface area contributed by atoms with E-state index in [1.165, 1.54) is 0 Å². The minimum absolute atomic E-state index is 0.0892. The van der Waals surface area contributed by atoms with Crippen molar-refractivity contribution in [2.24, 2.45) is 0 Å². The topological polar surface area (TPSA) is 58.2 Å². The highest BCUT2D eigenvalue weighted by molar-refractivity contribution is 6.05. The predicted octanol–water partition coefficient (Wildman–Crippen LogP) is 4.74. The first kappa shape index (κ1) is 18.4. The van der Waals surface area contributed by atoms with Gasteiger partial charge in [-0.2, -0.15) is 0 Å². The minimum Gasteiger partial charge on any atom is -0.326 e. The average molecular weight is 358 g/mol. The maximum absolute atomic E-state index is 12.4. The van der Waals surface area contributed by atoms with Crippen LogP contribution in [0.25, 0.3) is 0 Å². The van der Waals surface area contributed by atoms with E-state index in [1.54, 1.807) is 24.3 Å². The molecular formula is C23H22N2O2. The zero-order valence-electron chi connectivity index (χ0n) is 15.5. The molecule has 4 heteroatoms. The van der Waals surface area contributed by atoms with Crippen molar-refractivity contribution in [2.75, 3.05) is 10.6 Å². The van der Waals surface area contributed by atoms with Crippen LogP contribution in [0.3, 0.4) is 0 Å². The van der Waals surface area contributed by atoms with Crippen LogP contribution < -0.4 is 10.6 Å². The first-order valence-corrected chi connectivity index (χ1v) is 8.84. The lowest BCUT2D eigenvalue weighted by Gasteiger charge is -2.10. The lowest BCUT2D eigenvalue weighted by Crippen LogP contribution is -2.15. The van der Waals surface area contributed by atoms with E-state index in [0.717, 1.165) is 22.4 Å². The SMILES string of the molecule is Cc1ccc(NC(=O)c2ccc(NC(=O)Cc3ccccc3)cc2)c(C)c1. The van der Waals surface area contributed by atoms with Gasteiger partial charge in [-0.25, -0.2) is 0 Å².